The molecular weight excluding hydrogens is 198 g/mol. The van der Waals surface area contributed by atoms with Gasteiger partial charge in [0.05, 0.1) is 5.69 Å². The molecule has 2 heteroatoms. The van der Waals surface area contributed by atoms with Gasteiger partial charge in [-0.25, -0.2) is 0 Å². The van der Waals surface area contributed by atoms with Crippen LogP contribution >= 0.6 is 0 Å². The fraction of sp³-hybridized carbons (Fsp3) is 0.214. The van der Waals surface area contributed by atoms with Crippen molar-refractivity contribution in [2.24, 2.45) is 0 Å². The van der Waals surface area contributed by atoms with E-state index in [-0.39, 0.29) is 0 Å². The Morgan fingerprint density at radius 2 is 2.06 bits per heavy atom. The van der Waals surface area contributed by atoms with Crippen LogP contribution < -0.4 is 0 Å². The quantitative estimate of drug-likeness (QED) is 0.565. The molecule has 0 spiro atoms. The van der Waals surface area contributed by atoms with Gasteiger partial charge >= 0.3 is 0 Å². The summed E-state index contributed by atoms with van der Waals surface area (Å²) in [5.41, 5.74) is 3.11. The van der Waals surface area contributed by atoms with Gasteiger partial charge in [-0.1, -0.05) is 29.8 Å². The van der Waals surface area contributed by atoms with Crippen molar-refractivity contribution in [3.8, 4) is 0 Å². The molecule has 0 amide bonds. The number of rotatable bonds is 3. The molecule has 0 aliphatic heterocycles. The number of hydrogen-bond acceptors (Lipinski definition) is 1. The highest BCUT2D eigenvalue weighted by Crippen LogP contribution is 2.18. The number of fused-ring (bicyclic) bond motifs is 1. The molecular formula is C14H15NO. The molecule has 0 N–H and O–H groups in total. The van der Waals surface area contributed by atoms with Crippen molar-refractivity contribution in [3.05, 3.63) is 47.7 Å². The normalized spacial score (nSPS) is 10.4. The smallest absolute Gasteiger partial charge is 0.166 e. The SMILES string of the molecule is CC(C)=CCn1c(C=O)cc2ccccc21. The summed E-state index contributed by atoms with van der Waals surface area (Å²) in [6.07, 6.45) is 3.04. The largest absolute Gasteiger partial charge is 0.334 e. The number of aldehydes is 1. The zero-order valence-corrected chi connectivity index (χ0v) is 9.60. The number of nitrogens with zero attached hydrogens (tertiary/aromatic N) is 1. The molecule has 1 aromatic carbocycles. The molecule has 0 bridgehead atoms. The van der Waals surface area contributed by atoms with Crippen LogP contribution in [-0.2, 0) is 6.54 Å². The molecule has 0 atom stereocenters. The van der Waals surface area contributed by atoms with Crippen molar-refractivity contribution in [3.63, 3.8) is 0 Å². The van der Waals surface area contributed by atoms with Crippen molar-refractivity contribution in [2.75, 3.05) is 0 Å². The summed E-state index contributed by atoms with van der Waals surface area (Å²) in [7, 11) is 0. The third-order valence-corrected chi connectivity index (χ3v) is 2.65. The van der Waals surface area contributed by atoms with E-state index < -0.39 is 0 Å². The Kier molecular flexibility index (Phi) is 2.91. The van der Waals surface area contributed by atoms with Crippen molar-refractivity contribution >= 4 is 17.2 Å². The molecule has 0 saturated heterocycles. The highest BCUT2D eigenvalue weighted by Gasteiger charge is 2.05. The van der Waals surface area contributed by atoms with Crippen molar-refractivity contribution < 1.29 is 4.79 Å². The minimum atomic E-state index is 0.735. The van der Waals surface area contributed by atoms with Crippen LogP contribution in [0, 0.1) is 0 Å². The van der Waals surface area contributed by atoms with E-state index in [9.17, 15) is 4.79 Å². The average molecular weight is 213 g/mol. The predicted molar refractivity (Wildman–Crippen MR) is 66.8 cm³/mol. The number of carbonyl (C=O) groups is 1. The van der Waals surface area contributed by atoms with Gasteiger partial charge in [0, 0.05) is 17.4 Å². The van der Waals surface area contributed by atoms with Gasteiger partial charge < -0.3 is 4.57 Å². The second kappa shape index (κ2) is 4.35. The number of aromatic nitrogens is 1. The van der Waals surface area contributed by atoms with Crippen LogP contribution in [0.2, 0.25) is 0 Å². The highest BCUT2D eigenvalue weighted by atomic mass is 16.1. The summed E-state index contributed by atoms with van der Waals surface area (Å²) in [5.74, 6) is 0. The number of para-hydroxylation sites is 1. The van der Waals surface area contributed by atoms with E-state index >= 15 is 0 Å². The van der Waals surface area contributed by atoms with Crippen LogP contribution in [0.25, 0.3) is 10.9 Å². The lowest BCUT2D eigenvalue weighted by molar-refractivity contribution is 0.111. The van der Waals surface area contributed by atoms with E-state index in [4.69, 9.17) is 0 Å². The van der Waals surface area contributed by atoms with Gasteiger partial charge in [-0.3, -0.25) is 4.79 Å². The Balaban J connectivity index is 2.55. The summed E-state index contributed by atoms with van der Waals surface area (Å²) < 4.78 is 2.04. The first-order valence-corrected chi connectivity index (χ1v) is 5.39. The average Bonchev–Trinajstić information content (AvgIpc) is 2.64. The van der Waals surface area contributed by atoms with E-state index in [0.717, 1.165) is 29.4 Å². The Labute approximate surface area is 95.2 Å². The minimum Gasteiger partial charge on any atom is -0.334 e. The van der Waals surface area contributed by atoms with Crippen LogP contribution in [0.5, 0.6) is 0 Å². The molecule has 0 saturated carbocycles. The minimum absolute atomic E-state index is 0.735. The standard InChI is InChI=1S/C14H15NO/c1-11(2)7-8-15-13(10-16)9-12-5-3-4-6-14(12)15/h3-7,9-10H,8H2,1-2H3. The first kappa shape index (κ1) is 10.7. The van der Waals surface area contributed by atoms with Crippen LogP contribution in [0.4, 0.5) is 0 Å². The fourth-order valence-electron chi connectivity index (χ4n) is 1.81. The van der Waals surface area contributed by atoms with Gasteiger partial charge in [0.15, 0.2) is 6.29 Å². The Morgan fingerprint density at radius 3 is 2.75 bits per heavy atom. The lowest BCUT2D eigenvalue weighted by Crippen LogP contribution is -2.00. The first-order chi connectivity index (χ1) is 7.72. The van der Waals surface area contributed by atoms with Gasteiger partial charge in [-0.15, -0.1) is 0 Å². The summed E-state index contributed by atoms with van der Waals surface area (Å²) >= 11 is 0. The molecule has 0 aliphatic rings. The lowest BCUT2D eigenvalue weighted by Gasteiger charge is -2.04. The van der Waals surface area contributed by atoms with E-state index in [1.165, 1.54) is 5.57 Å². The van der Waals surface area contributed by atoms with Crippen molar-refractivity contribution in [2.45, 2.75) is 20.4 Å². The molecule has 2 rings (SSSR count). The van der Waals surface area contributed by atoms with Crippen molar-refractivity contribution in [1.29, 1.82) is 0 Å². The number of benzene rings is 1. The Hall–Kier alpha value is -1.83. The Morgan fingerprint density at radius 1 is 1.31 bits per heavy atom. The van der Waals surface area contributed by atoms with Gasteiger partial charge in [0.1, 0.15) is 0 Å². The van der Waals surface area contributed by atoms with Gasteiger partial charge in [0.25, 0.3) is 0 Å². The molecule has 16 heavy (non-hydrogen) atoms. The third kappa shape index (κ3) is 1.91. The second-order valence-corrected chi connectivity index (χ2v) is 4.14. The van der Waals surface area contributed by atoms with Crippen LogP contribution in [-0.4, -0.2) is 10.9 Å². The fourth-order valence-corrected chi connectivity index (χ4v) is 1.81. The molecule has 0 unspecified atom stereocenters. The van der Waals surface area contributed by atoms with Gasteiger partial charge in [-0.2, -0.15) is 0 Å². The maximum Gasteiger partial charge on any atom is 0.166 e. The van der Waals surface area contributed by atoms with Gasteiger partial charge in [-0.05, 0) is 26.0 Å². The lowest BCUT2D eigenvalue weighted by atomic mass is 10.2. The Bertz CT molecular complexity index is 545. The van der Waals surface area contributed by atoms with E-state index in [1.807, 2.05) is 34.9 Å². The summed E-state index contributed by atoms with van der Waals surface area (Å²) in [4.78, 5) is 11.0. The maximum absolute atomic E-state index is 11.0. The van der Waals surface area contributed by atoms with Gasteiger partial charge in [0.2, 0.25) is 0 Å². The summed E-state index contributed by atoms with van der Waals surface area (Å²) in [6.45, 7) is 4.88. The summed E-state index contributed by atoms with van der Waals surface area (Å²) in [6, 6.07) is 9.99. The highest BCUT2D eigenvalue weighted by molar-refractivity contribution is 5.88. The summed E-state index contributed by atoms with van der Waals surface area (Å²) in [5, 5.41) is 1.12. The molecule has 2 aromatic rings. The zero-order valence-electron chi connectivity index (χ0n) is 9.60. The van der Waals surface area contributed by atoms with E-state index in [1.54, 1.807) is 0 Å². The number of carbonyl (C=O) groups excluding carboxylic acids is 1. The van der Waals surface area contributed by atoms with Crippen LogP contribution in [0.1, 0.15) is 24.3 Å². The van der Waals surface area contributed by atoms with E-state index in [0.29, 0.717) is 0 Å². The first-order valence-electron chi connectivity index (χ1n) is 5.39. The number of hydrogen-bond donors (Lipinski definition) is 0. The van der Waals surface area contributed by atoms with E-state index in [2.05, 4.69) is 19.9 Å². The molecule has 0 fully saturated rings. The molecule has 0 radical (unpaired) electrons. The third-order valence-electron chi connectivity index (χ3n) is 2.65. The molecule has 2 nitrogen and oxygen atoms in total. The van der Waals surface area contributed by atoms with Crippen LogP contribution in [0.3, 0.4) is 0 Å². The topological polar surface area (TPSA) is 22.0 Å². The molecule has 1 aromatic heterocycles. The second-order valence-electron chi connectivity index (χ2n) is 4.14. The molecule has 1 heterocycles. The molecule has 0 aliphatic carbocycles. The van der Waals surface area contributed by atoms with Crippen molar-refractivity contribution in [1.82, 2.24) is 4.57 Å². The van der Waals surface area contributed by atoms with Crippen LogP contribution in [0.15, 0.2) is 42.0 Å². The maximum atomic E-state index is 11.0. The predicted octanol–water partition coefficient (Wildman–Crippen LogP) is 3.42. The molecule has 82 valence electrons. The number of allylic oxidation sites excluding steroid dienone is 2. The zero-order chi connectivity index (χ0) is 11.5. The monoisotopic (exact) mass is 213 g/mol.